The van der Waals surface area contributed by atoms with Crippen molar-refractivity contribution in [3.8, 4) is 0 Å². The number of halogens is 1. The van der Waals surface area contributed by atoms with Crippen LogP contribution in [0.25, 0.3) is 86.2 Å². The largest absolute Gasteiger partial charge is 0.394 e. The van der Waals surface area contributed by atoms with E-state index in [1.165, 1.54) is 90.0 Å². The van der Waals surface area contributed by atoms with E-state index in [0.29, 0.717) is 11.8 Å². The number of hydrogen-bond acceptors (Lipinski definition) is 8. The first-order chi connectivity index (χ1) is 44.1. The van der Waals surface area contributed by atoms with Gasteiger partial charge in [-0.15, -0.1) is 0 Å². The Labute approximate surface area is 556 Å². The lowest BCUT2D eigenvalue weighted by Crippen LogP contribution is -2.04. The van der Waals surface area contributed by atoms with Gasteiger partial charge in [-0.05, 0) is 167 Å². The fourth-order valence-corrected chi connectivity index (χ4v) is 11.4. The van der Waals surface area contributed by atoms with Crippen molar-refractivity contribution in [2.24, 2.45) is 0 Å². The molecule has 14 rings (SSSR count). The molecule has 0 aliphatic carbocycles. The molecule has 14 aromatic carbocycles. The van der Waals surface area contributed by atoms with E-state index < -0.39 is 27.3 Å². The number of rotatable bonds is 4. The lowest BCUT2D eigenvalue weighted by molar-refractivity contribution is -0.156. The van der Waals surface area contributed by atoms with Crippen molar-refractivity contribution >= 4 is 137 Å². The lowest BCUT2D eigenvalue weighted by atomic mass is 9.89. The fourth-order valence-electron chi connectivity index (χ4n) is 11.3. The van der Waals surface area contributed by atoms with Gasteiger partial charge in [0, 0.05) is 36.1 Å². The van der Waals surface area contributed by atoms with Crippen molar-refractivity contribution in [3.05, 3.63) is 311 Å². The second-order valence-corrected chi connectivity index (χ2v) is 23.6. The molecule has 0 radical (unpaired) electrons. The number of ketones is 2. The van der Waals surface area contributed by atoms with Gasteiger partial charge in [0.1, 0.15) is 0 Å². The van der Waals surface area contributed by atoms with Gasteiger partial charge in [0.2, 0.25) is 0 Å². The first-order valence-corrected chi connectivity index (χ1v) is 31.9. The summed E-state index contributed by atoms with van der Waals surface area (Å²) in [7, 11) is -3.67. The van der Waals surface area contributed by atoms with E-state index in [0.717, 1.165) is 49.0 Å². The Bertz CT molecular complexity index is 4780. The number of carbonyl (C=O) groups is 5. The molecule has 94 heavy (non-hydrogen) atoms. The zero-order valence-corrected chi connectivity index (χ0v) is 54.0. The lowest BCUT2D eigenvalue weighted by Gasteiger charge is -2.14. The maximum Gasteiger partial charge on any atom is 0.310 e. The summed E-state index contributed by atoms with van der Waals surface area (Å²) >= 11 is 5.16. The number of esters is 2. The van der Waals surface area contributed by atoms with Crippen LogP contribution in [0.4, 0.5) is 0 Å². The molecule has 11 heteroatoms. The third kappa shape index (κ3) is 18.4. The molecule has 0 saturated carbocycles. The van der Waals surface area contributed by atoms with E-state index in [2.05, 4.69) is 166 Å². The first kappa shape index (κ1) is 72.6. The van der Waals surface area contributed by atoms with Gasteiger partial charge >= 0.3 is 11.9 Å². The molecule has 0 aliphatic rings. The summed E-state index contributed by atoms with van der Waals surface area (Å²) in [6, 6.07) is 89.6. The zero-order valence-electron chi connectivity index (χ0n) is 52.4. The number of aryl methyl sites for hydroxylation is 4. The third-order valence-corrected chi connectivity index (χ3v) is 15.6. The number of hydrogen-bond donors (Lipinski definition) is 1. The number of ether oxygens (including phenoxy) is 1. The maximum atomic E-state index is 13.2. The summed E-state index contributed by atoms with van der Waals surface area (Å²) in [5.41, 5.74) is 8.13. The predicted octanol–water partition coefficient (Wildman–Crippen LogP) is 21.6. The quantitative estimate of drug-likeness (QED) is 0.0454. The minimum absolute atomic E-state index is 0. The molecule has 0 atom stereocenters. The van der Waals surface area contributed by atoms with Crippen molar-refractivity contribution in [2.45, 2.75) is 63.3 Å². The fraction of sp³-hybridized carbons (Fsp3) is 0.120. The summed E-state index contributed by atoms with van der Waals surface area (Å²) in [5.74, 6) is -0.916. The maximum absolute atomic E-state index is 13.2. The van der Waals surface area contributed by atoms with Gasteiger partial charge in [-0.25, -0.2) is 0 Å². The minimum Gasteiger partial charge on any atom is -0.394 e. The van der Waals surface area contributed by atoms with Crippen LogP contribution in [0.15, 0.2) is 267 Å². The molecule has 0 saturated heterocycles. The SMILES string of the molecule is C.C.CC(=O)OC(C)=O.CC(=O)c1c2ccccc2c(C)c2ccccc12.CS(=O)(=O)O.Cc1c2ccccc2c(C(=O)c2ccccc2)c2ccccc12.Cc1c2ccccc2cc2ccccc12.Cc1c2ccccc2cc2ccccc12.O=C(Cl)c1ccccc1. The summed E-state index contributed by atoms with van der Waals surface area (Å²) in [6.45, 7) is 12.7. The van der Waals surface area contributed by atoms with Crippen LogP contribution < -0.4 is 0 Å². The predicted molar refractivity (Wildman–Crippen MR) is 395 cm³/mol. The highest BCUT2D eigenvalue weighted by molar-refractivity contribution is 7.85. The molecule has 1 N–H and O–H groups in total. The van der Waals surface area contributed by atoms with Crippen LogP contribution in [0.3, 0.4) is 0 Å². The van der Waals surface area contributed by atoms with E-state index in [9.17, 15) is 32.4 Å². The first-order valence-electron chi connectivity index (χ1n) is 29.6. The third-order valence-electron chi connectivity index (χ3n) is 15.4. The van der Waals surface area contributed by atoms with Gasteiger partial charge in [-0.2, -0.15) is 8.42 Å². The molecular weight excluding hydrogens is 1210 g/mol. The highest BCUT2D eigenvalue weighted by Gasteiger charge is 2.19. The van der Waals surface area contributed by atoms with E-state index in [1.54, 1.807) is 31.2 Å². The van der Waals surface area contributed by atoms with Crippen molar-refractivity contribution < 1.29 is 41.7 Å². The Kier molecular flexibility index (Phi) is 26.0. The molecule has 0 aliphatic heterocycles. The molecule has 0 fully saturated rings. The highest BCUT2D eigenvalue weighted by atomic mass is 35.5. The number of fused-ring (bicyclic) bond motifs is 8. The molecule has 0 aromatic heterocycles. The Morgan fingerprint density at radius 3 is 0.777 bits per heavy atom. The molecule has 0 unspecified atom stereocenters. The zero-order chi connectivity index (χ0) is 66.1. The average molecular weight is 1290 g/mol. The van der Waals surface area contributed by atoms with E-state index >= 15 is 0 Å². The average Bonchev–Trinajstić information content (AvgIpc) is 0.770. The van der Waals surface area contributed by atoms with Crippen molar-refractivity contribution in [2.75, 3.05) is 6.26 Å². The minimum atomic E-state index is -3.67. The summed E-state index contributed by atoms with van der Waals surface area (Å²) in [6.07, 6.45) is 0.715. The van der Waals surface area contributed by atoms with Gasteiger partial charge in [-0.3, -0.25) is 28.5 Å². The Morgan fingerprint density at radius 2 is 0.543 bits per heavy atom. The molecule has 9 nitrogen and oxygen atoms in total. The van der Waals surface area contributed by atoms with Crippen LogP contribution in [0.1, 0.15) is 94.5 Å². The van der Waals surface area contributed by atoms with E-state index in [4.69, 9.17) is 16.2 Å². The molecule has 0 heterocycles. The van der Waals surface area contributed by atoms with Crippen molar-refractivity contribution in [3.63, 3.8) is 0 Å². The van der Waals surface area contributed by atoms with E-state index in [1.807, 2.05) is 109 Å². The Balaban J connectivity index is 0.000000181. The molecule has 14 aromatic rings. The van der Waals surface area contributed by atoms with Crippen LogP contribution in [-0.4, -0.2) is 48.0 Å². The number of carbonyl (C=O) groups excluding carboxylic acids is 5. The van der Waals surface area contributed by atoms with Gasteiger partial charge in [0.05, 0.1) is 6.26 Å². The van der Waals surface area contributed by atoms with Crippen LogP contribution in [0.5, 0.6) is 0 Å². The van der Waals surface area contributed by atoms with Gasteiger partial charge in [0.15, 0.2) is 11.6 Å². The van der Waals surface area contributed by atoms with Crippen LogP contribution in [0.2, 0.25) is 0 Å². The van der Waals surface area contributed by atoms with Crippen LogP contribution in [-0.2, 0) is 24.4 Å². The highest BCUT2D eigenvalue weighted by Crippen LogP contribution is 2.35. The smallest absolute Gasteiger partial charge is 0.310 e. The second kappa shape index (κ2) is 33.7. The van der Waals surface area contributed by atoms with Crippen LogP contribution in [0, 0.1) is 27.7 Å². The van der Waals surface area contributed by atoms with Crippen molar-refractivity contribution in [1.82, 2.24) is 0 Å². The van der Waals surface area contributed by atoms with Gasteiger partial charge in [0.25, 0.3) is 15.4 Å². The van der Waals surface area contributed by atoms with E-state index in [-0.39, 0.29) is 26.4 Å². The molecule has 0 bridgehead atoms. The standard InChI is InChI=1S/C22H16O.C17H14O.2C15H12.C7H5ClO.C4H6O3.CH4O3S.2CH4/c1-15-17-11-5-7-13-19(17)21(20-14-8-6-12-18(15)20)22(23)16-9-3-2-4-10-16;1-11-13-7-3-5-9-15(13)17(12(2)18)16-10-6-4-8-14(11)16;2*1-11-14-8-4-2-6-12(14)10-13-7-3-5-9-15(11)13;8-7(9)6-4-2-1-3-5-6;1-3(5)7-4(2)6;1-5(2,3)4;;/h2-14H,1H3;3-10H,1-2H3;2*2-10H,1H3;1-5H;1-2H3;1H3,(H,2,3,4);2*1H4. The second-order valence-electron chi connectivity index (χ2n) is 21.8. The summed E-state index contributed by atoms with van der Waals surface area (Å²) in [5, 5.41) is 19.1. The summed E-state index contributed by atoms with van der Waals surface area (Å²) < 4.78 is 29.8. The summed E-state index contributed by atoms with van der Waals surface area (Å²) in [4.78, 5) is 55.2. The monoisotopic (exact) mass is 1280 g/mol. The Morgan fingerprint density at radius 1 is 0.330 bits per heavy atom. The number of Topliss-reactive ketones (excluding diaryl/α,β-unsaturated/α-hetero) is 1. The van der Waals surface area contributed by atoms with Gasteiger partial charge < -0.3 is 4.74 Å². The molecule has 0 amide bonds. The van der Waals surface area contributed by atoms with Crippen LogP contribution >= 0.6 is 11.6 Å². The normalized spacial score (nSPS) is 10.4. The van der Waals surface area contributed by atoms with Crippen molar-refractivity contribution in [1.29, 1.82) is 0 Å². The molecule has 476 valence electrons. The van der Waals surface area contributed by atoms with Gasteiger partial charge in [-0.1, -0.05) is 270 Å². The molecule has 0 spiro atoms. The topological polar surface area (TPSA) is 149 Å². The number of benzene rings is 14. The Hall–Kier alpha value is -10.5. The molecular formula is C83H77ClO9S.